The van der Waals surface area contributed by atoms with Gasteiger partial charge in [-0.25, -0.2) is 9.97 Å². The molecule has 0 aliphatic rings. The van der Waals surface area contributed by atoms with Gasteiger partial charge < -0.3 is 4.84 Å². The maximum atomic E-state index is 13.8. The van der Waals surface area contributed by atoms with E-state index >= 15 is 0 Å². The number of rotatable bonds is 3. The molecule has 0 saturated carbocycles. The van der Waals surface area contributed by atoms with Crippen molar-refractivity contribution in [2.75, 3.05) is 7.11 Å². The normalized spacial score (nSPS) is 13.7. The molecule has 0 bridgehead atoms. The summed E-state index contributed by atoms with van der Waals surface area (Å²) in [5, 5.41) is -0.674. The van der Waals surface area contributed by atoms with Crippen LogP contribution in [0, 0.1) is 0 Å². The predicted octanol–water partition coefficient (Wildman–Crippen LogP) is 4.09. The molecule has 2 heterocycles. The van der Waals surface area contributed by atoms with Crippen LogP contribution in [-0.4, -0.2) is 33.9 Å². The van der Waals surface area contributed by atoms with Crippen LogP contribution in [0.4, 0.5) is 30.7 Å². The summed E-state index contributed by atoms with van der Waals surface area (Å²) in [6, 6.07) is 0.883. The minimum atomic E-state index is -6.52. The van der Waals surface area contributed by atoms with Gasteiger partial charge in [-0.2, -0.15) is 35.5 Å². The average molecular weight is 386 g/mol. The topological polar surface area (TPSA) is 39.9 Å². The zero-order valence-electron chi connectivity index (χ0n) is 10.7. The number of hydrogen-bond acceptors (Lipinski definition) is 3. The molecule has 0 N–H and O–H groups in total. The first-order valence-electron chi connectivity index (χ1n) is 5.46. The summed E-state index contributed by atoms with van der Waals surface area (Å²) in [6.07, 6.45) is -6.52. The summed E-state index contributed by atoms with van der Waals surface area (Å²) in [6.45, 7) is 0. The van der Waals surface area contributed by atoms with Crippen molar-refractivity contribution in [2.24, 2.45) is 0 Å². The highest BCUT2D eigenvalue weighted by Crippen LogP contribution is 2.51. The summed E-state index contributed by atoms with van der Waals surface area (Å²) in [4.78, 5) is 10.8. The van der Waals surface area contributed by atoms with Crippen LogP contribution in [0.2, 0.25) is 10.2 Å². The fraction of sp³-hybridized carbons (Fsp3) is 0.400. The summed E-state index contributed by atoms with van der Waals surface area (Å²) in [7, 11) is 0.759. The first-order valence-corrected chi connectivity index (χ1v) is 6.22. The Morgan fingerprint density at radius 1 is 1.04 bits per heavy atom. The van der Waals surface area contributed by atoms with E-state index in [0.717, 1.165) is 13.2 Å². The number of hydrogen-bond donors (Lipinski definition) is 0. The molecule has 2 aromatic heterocycles. The first kappa shape index (κ1) is 17.9. The van der Waals surface area contributed by atoms with Gasteiger partial charge in [0.15, 0.2) is 5.65 Å². The third-order valence-electron chi connectivity index (χ3n) is 2.73. The molecular formula is C10H4Cl2F7N3O. The highest BCUT2D eigenvalue weighted by molar-refractivity contribution is 6.41. The van der Waals surface area contributed by atoms with E-state index in [4.69, 9.17) is 23.2 Å². The van der Waals surface area contributed by atoms with Gasteiger partial charge in [0.05, 0.1) is 5.02 Å². The second kappa shape index (κ2) is 5.26. The third-order valence-corrected chi connectivity index (χ3v) is 3.40. The van der Waals surface area contributed by atoms with Crippen LogP contribution in [-0.2, 0) is 5.92 Å². The molecule has 0 unspecified atom stereocenters. The lowest BCUT2D eigenvalue weighted by atomic mass is 10.1. The van der Waals surface area contributed by atoms with Gasteiger partial charge >= 0.3 is 18.0 Å². The fourth-order valence-electron chi connectivity index (χ4n) is 1.64. The Hall–Kier alpha value is -1.49. The minimum absolute atomic E-state index is 0.0236. The lowest BCUT2D eigenvalue weighted by molar-refractivity contribution is -0.362. The van der Waals surface area contributed by atoms with E-state index in [1.165, 1.54) is 0 Å². The Kier molecular flexibility index (Phi) is 4.09. The van der Waals surface area contributed by atoms with Crippen molar-refractivity contribution in [1.82, 2.24) is 14.7 Å². The molecule has 0 saturated heterocycles. The Morgan fingerprint density at radius 2 is 1.61 bits per heavy atom. The quantitative estimate of drug-likeness (QED) is 0.590. The largest absolute Gasteiger partial charge is 0.460 e. The molecule has 0 amide bonds. The van der Waals surface area contributed by atoms with Crippen LogP contribution in [0.1, 0.15) is 5.82 Å². The molecular weight excluding hydrogens is 382 g/mol. The number of halogens is 9. The fourth-order valence-corrected chi connectivity index (χ4v) is 1.92. The number of nitrogens with zero attached hydrogens (tertiary/aromatic N) is 3. The van der Waals surface area contributed by atoms with Crippen molar-refractivity contribution in [1.29, 1.82) is 0 Å². The van der Waals surface area contributed by atoms with Crippen LogP contribution in [0.25, 0.3) is 11.2 Å². The number of aromatic nitrogens is 3. The predicted molar refractivity (Wildman–Crippen MR) is 64.9 cm³/mol. The lowest BCUT2D eigenvalue weighted by Crippen LogP contribution is -2.51. The Balaban J connectivity index is 2.77. The van der Waals surface area contributed by atoms with Gasteiger partial charge in [0, 0.05) is 0 Å². The molecule has 0 aliphatic heterocycles. The van der Waals surface area contributed by atoms with Crippen LogP contribution in [0.15, 0.2) is 6.07 Å². The molecule has 0 spiro atoms. The monoisotopic (exact) mass is 385 g/mol. The van der Waals surface area contributed by atoms with Crippen molar-refractivity contribution in [3.63, 3.8) is 0 Å². The van der Waals surface area contributed by atoms with Gasteiger partial charge in [0.25, 0.3) is 0 Å². The summed E-state index contributed by atoms with van der Waals surface area (Å²) in [5.74, 6) is -14.1. The second-order valence-corrected chi connectivity index (χ2v) is 4.93. The van der Waals surface area contributed by atoms with E-state index in [0.29, 0.717) is 0 Å². The Morgan fingerprint density at radius 3 is 2.09 bits per heavy atom. The molecule has 23 heavy (non-hydrogen) atoms. The molecule has 128 valence electrons. The van der Waals surface area contributed by atoms with Crippen molar-refractivity contribution < 1.29 is 35.6 Å². The summed E-state index contributed by atoms with van der Waals surface area (Å²) >= 11 is 11.1. The van der Waals surface area contributed by atoms with Crippen molar-refractivity contribution in [3.05, 3.63) is 22.1 Å². The Bertz CT molecular complexity index is 759. The maximum Gasteiger partial charge on any atom is 0.460 e. The minimum Gasteiger partial charge on any atom is -0.415 e. The van der Waals surface area contributed by atoms with Gasteiger partial charge in [-0.3, -0.25) is 0 Å². The SMILES string of the molecule is COn1c(C(F)(F)C(F)(F)C(F)(F)F)nc2nc(Cl)c(Cl)cc21. The highest BCUT2D eigenvalue weighted by Gasteiger charge is 2.75. The van der Waals surface area contributed by atoms with Gasteiger partial charge in [-0.05, 0) is 6.07 Å². The maximum absolute atomic E-state index is 13.8. The van der Waals surface area contributed by atoms with E-state index in [9.17, 15) is 30.7 Å². The molecule has 2 rings (SSSR count). The Labute approximate surface area is 132 Å². The van der Waals surface area contributed by atoms with E-state index < -0.39 is 40.2 Å². The molecule has 0 radical (unpaired) electrons. The molecule has 0 aromatic carbocycles. The number of alkyl halides is 7. The van der Waals surface area contributed by atoms with Gasteiger partial charge in [-0.1, -0.05) is 23.2 Å². The van der Waals surface area contributed by atoms with E-state index in [1.54, 1.807) is 0 Å². The van der Waals surface area contributed by atoms with E-state index in [1.807, 2.05) is 0 Å². The molecule has 2 aromatic rings. The molecule has 0 aliphatic carbocycles. The summed E-state index contributed by atoms with van der Waals surface area (Å²) in [5.41, 5.74) is -1.11. The number of fused-ring (bicyclic) bond motifs is 1. The second-order valence-electron chi connectivity index (χ2n) is 4.16. The van der Waals surface area contributed by atoms with Gasteiger partial charge in [0.1, 0.15) is 17.8 Å². The van der Waals surface area contributed by atoms with Gasteiger partial charge in [-0.15, -0.1) is 0 Å². The number of imidazole rings is 1. The van der Waals surface area contributed by atoms with Crippen LogP contribution >= 0.6 is 23.2 Å². The first-order chi connectivity index (χ1) is 10.3. The van der Waals surface area contributed by atoms with Crippen molar-refractivity contribution >= 4 is 34.4 Å². The standard InChI is InChI=1S/C10H4Cl2F7N3O/c1-23-22-4-2-3(11)5(12)20-6(4)21-7(22)8(13,14)9(15,16)10(17,18)19/h2H,1H3. The smallest absolute Gasteiger partial charge is 0.415 e. The lowest BCUT2D eigenvalue weighted by Gasteiger charge is -2.27. The zero-order chi connectivity index (χ0) is 17.8. The van der Waals surface area contributed by atoms with Crippen molar-refractivity contribution in [3.8, 4) is 0 Å². The molecule has 0 fully saturated rings. The third kappa shape index (κ3) is 2.55. The van der Waals surface area contributed by atoms with Gasteiger partial charge in [0.2, 0.25) is 5.82 Å². The molecule has 0 atom stereocenters. The average Bonchev–Trinajstić information content (AvgIpc) is 2.76. The van der Waals surface area contributed by atoms with Crippen molar-refractivity contribution in [2.45, 2.75) is 18.0 Å². The van der Waals surface area contributed by atoms with Crippen LogP contribution in [0.3, 0.4) is 0 Å². The highest BCUT2D eigenvalue weighted by atomic mass is 35.5. The van der Waals surface area contributed by atoms with Crippen LogP contribution < -0.4 is 4.84 Å². The van der Waals surface area contributed by atoms with E-state index in [-0.39, 0.29) is 9.75 Å². The zero-order valence-corrected chi connectivity index (χ0v) is 12.2. The number of pyridine rings is 1. The molecule has 13 heteroatoms. The molecule has 4 nitrogen and oxygen atoms in total. The van der Waals surface area contributed by atoms with E-state index in [2.05, 4.69) is 14.8 Å². The summed E-state index contributed by atoms with van der Waals surface area (Å²) < 4.78 is 90.6. The van der Waals surface area contributed by atoms with Crippen LogP contribution in [0.5, 0.6) is 0 Å².